The molecule has 0 bridgehead atoms. The molecule has 0 heterocycles. The van der Waals surface area contributed by atoms with Crippen LogP contribution in [0, 0.1) is 0 Å². The van der Waals surface area contributed by atoms with E-state index in [1.165, 1.54) is 38.5 Å². The highest BCUT2D eigenvalue weighted by Gasteiger charge is 1.99. The quantitative estimate of drug-likeness (QED) is 0.504. The predicted octanol–water partition coefficient (Wildman–Crippen LogP) is 4.70. The van der Waals surface area contributed by atoms with Crippen LogP contribution in [0.2, 0.25) is 0 Å². The van der Waals surface area contributed by atoms with Crippen LogP contribution < -0.4 is 0 Å². The van der Waals surface area contributed by atoms with Gasteiger partial charge in [-0.25, -0.2) is 0 Å². The fourth-order valence-electron chi connectivity index (χ4n) is 1.49. The minimum absolute atomic E-state index is 1.24. The lowest BCUT2D eigenvalue weighted by Crippen LogP contribution is -1.89. The van der Waals surface area contributed by atoms with E-state index in [9.17, 15) is 0 Å². The van der Waals surface area contributed by atoms with Crippen molar-refractivity contribution in [3.8, 4) is 0 Å². The Bertz CT molecular complexity index is 131. The number of allylic oxidation sites excluding steroid dienone is 2. The van der Waals surface area contributed by atoms with E-state index in [0.717, 1.165) is 0 Å². The number of hydrogen-bond acceptors (Lipinski definition) is 0. The van der Waals surface area contributed by atoms with Gasteiger partial charge in [0.05, 0.1) is 0 Å². The van der Waals surface area contributed by atoms with Gasteiger partial charge in [-0.2, -0.15) is 0 Å². The Morgan fingerprint density at radius 3 is 2.00 bits per heavy atom. The van der Waals surface area contributed by atoms with E-state index in [4.69, 9.17) is 0 Å². The molecule has 0 aliphatic carbocycles. The molecule has 0 heteroatoms. The lowest BCUT2D eigenvalue weighted by molar-refractivity contribution is 0.728. The average Bonchev–Trinajstić information content (AvgIpc) is 2.11. The van der Waals surface area contributed by atoms with Gasteiger partial charge in [0.2, 0.25) is 0 Å². The predicted molar refractivity (Wildman–Crippen MR) is 57.4 cm³/mol. The average molecular weight is 168 g/mol. The van der Waals surface area contributed by atoms with Crippen molar-refractivity contribution in [2.45, 2.75) is 66.2 Å². The molecular formula is C12H24. The number of rotatable bonds is 6. The molecule has 0 fully saturated rings. The van der Waals surface area contributed by atoms with Gasteiger partial charge in [-0.15, -0.1) is 0 Å². The van der Waals surface area contributed by atoms with E-state index >= 15 is 0 Å². The minimum Gasteiger partial charge on any atom is -0.0744 e. The molecule has 0 aromatic carbocycles. The second-order valence-corrected chi connectivity index (χ2v) is 3.59. The summed E-state index contributed by atoms with van der Waals surface area (Å²) in [4.78, 5) is 0. The van der Waals surface area contributed by atoms with E-state index in [-0.39, 0.29) is 0 Å². The van der Waals surface area contributed by atoms with Crippen LogP contribution in [0.15, 0.2) is 11.1 Å². The Kier molecular flexibility index (Phi) is 7.23. The van der Waals surface area contributed by atoms with Gasteiger partial charge in [0.15, 0.2) is 0 Å². The van der Waals surface area contributed by atoms with Crippen molar-refractivity contribution in [1.29, 1.82) is 0 Å². The first-order valence-corrected chi connectivity index (χ1v) is 5.43. The second-order valence-electron chi connectivity index (χ2n) is 3.59. The van der Waals surface area contributed by atoms with Crippen molar-refractivity contribution < 1.29 is 0 Å². The van der Waals surface area contributed by atoms with Crippen molar-refractivity contribution in [2.75, 3.05) is 0 Å². The second kappa shape index (κ2) is 7.39. The van der Waals surface area contributed by atoms with Crippen LogP contribution >= 0.6 is 0 Å². The van der Waals surface area contributed by atoms with Crippen molar-refractivity contribution in [3.63, 3.8) is 0 Å². The number of hydrogen-bond donors (Lipinski definition) is 0. The molecule has 0 radical (unpaired) electrons. The van der Waals surface area contributed by atoms with Crippen molar-refractivity contribution in [3.05, 3.63) is 11.1 Å². The van der Waals surface area contributed by atoms with Gasteiger partial charge in [-0.3, -0.25) is 0 Å². The van der Waals surface area contributed by atoms with Gasteiger partial charge < -0.3 is 0 Å². The SMILES string of the molecule is CCCCC(CCC)=C(C)CC. The zero-order chi connectivity index (χ0) is 9.40. The third-order valence-corrected chi connectivity index (χ3v) is 2.52. The van der Waals surface area contributed by atoms with Crippen molar-refractivity contribution >= 4 is 0 Å². The molecule has 0 spiro atoms. The first-order chi connectivity index (χ1) is 5.76. The Morgan fingerprint density at radius 2 is 1.58 bits per heavy atom. The van der Waals surface area contributed by atoms with E-state index in [0.29, 0.717) is 0 Å². The summed E-state index contributed by atoms with van der Waals surface area (Å²) < 4.78 is 0. The first-order valence-electron chi connectivity index (χ1n) is 5.43. The molecule has 0 nitrogen and oxygen atoms in total. The maximum Gasteiger partial charge on any atom is -0.0318 e. The van der Waals surface area contributed by atoms with Gasteiger partial charge in [0, 0.05) is 0 Å². The van der Waals surface area contributed by atoms with Gasteiger partial charge in [0.25, 0.3) is 0 Å². The van der Waals surface area contributed by atoms with Crippen LogP contribution in [0.1, 0.15) is 66.2 Å². The molecule has 0 saturated carbocycles. The summed E-state index contributed by atoms with van der Waals surface area (Å²) in [6.07, 6.45) is 7.88. The standard InChI is InChI=1S/C12H24/c1-5-8-10-12(9-6-2)11(4)7-3/h5-10H2,1-4H3. The Morgan fingerprint density at radius 1 is 0.917 bits per heavy atom. The summed E-state index contributed by atoms with van der Waals surface area (Å²) in [6, 6.07) is 0. The van der Waals surface area contributed by atoms with E-state index < -0.39 is 0 Å². The summed E-state index contributed by atoms with van der Waals surface area (Å²) in [5, 5.41) is 0. The third kappa shape index (κ3) is 4.58. The molecule has 0 amide bonds. The van der Waals surface area contributed by atoms with Gasteiger partial charge in [-0.05, 0) is 32.6 Å². The first kappa shape index (κ1) is 11.7. The normalized spacial score (nSPS) is 13.0. The molecule has 0 N–H and O–H groups in total. The molecular weight excluding hydrogens is 144 g/mol. The van der Waals surface area contributed by atoms with Crippen LogP contribution in [0.3, 0.4) is 0 Å². The van der Waals surface area contributed by atoms with Crippen LogP contribution in [0.5, 0.6) is 0 Å². The fraction of sp³-hybridized carbons (Fsp3) is 0.833. The highest BCUT2D eigenvalue weighted by Crippen LogP contribution is 2.19. The summed E-state index contributed by atoms with van der Waals surface area (Å²) in [5.41, 5.74) is 3.35. The molecule has 0 saturated heterocycles. The lowest BCUT2D eigenvalue weighted by atomic mass is 9.98. The Labute approximate surface area is 78.1 Å². The molecule has 0 aromatic rings. The zero-order valence-corrected chi connectivity index (χ0v) is 9.24. The van der Waals surface area contributed by atoms with Crippen LogP contribution in [0.25, 0.3) is 0 Å². The maximum atomic E-state index is 2.29. The third-order valence-electron chi connectivity index (χ3n) is 2.52. The smallest absolute Gasteiger partial charge is 0.0318 e. The van der Waals surface area contributed by atoms with Gasteiger partial charge >= 0.3 is 0 Å². The molecule has 0 atom stereocenters. The van der Waals surface area contributed by atoms with E-state index in [1.807, 2.05) is 0 Å². The summed E-state index contributed by atoms with van der Waals surface area (Å²) in [7, 11) is 0. The summed E-state index contributed by atoms with van der Waals surface area (Å²) in [6.45, 7) is 9.09. The van der Waals surface area contributed by atoms with Crippen molar-refractivity contribution in [2.24, 2.45) is 0 Å². The minimum atomic E-state index is 1.24. The maximum absolute atomic E-state index is 2.29. The fourth-order valence-corrected chi connectivity index (χ4v) is 1.49. The molecule has 0 aromatic heterocycles. The molecule has 0 unspecified atom stereocenters. The topological polar surface area (TPSA) is 0 Å². The Balaban J connectivity index is 4.02. The summed E-state index contributed by atoms with van der Waals surface area (Å²) in [5.74, 6) is 0. The molecule has 72 valence electrons. The lowest BCUT2D eigenvalue weighted by Gasteiger charge is -2.09. The van der Waals surface area contributed by atoms with Gasteiger partial charge in [0.1, 0.15) is 0 Å². The molecule has 0 aliphatic heterocycles. The summed E-state index contributed by atoms with van der Waals surface area (Å²) >= 11 is 0. The van der Waals surface area contributed by atoms with Gasteiger partial charge in [-0.1, -0.05) is 44.8 Å². The van der Waals surface area contributed by atoms with Crippen LogP contribution in [0.4, 0.5) is 0 Å². The van der Waals surface area contributed by atoms with Crippen LogP contribution in [-0.2, 0) is 0 Å². The zero-order valence-electron chi connectivity index (χ0n) is 9.24. The Hall–Kier alpha value is -0.260. The van der Waals surface area contributed by atoms with Crippen molar-refractivity contribution in [1.82, 2.24) is 0 Å². The highest BCUT2D eigenvalue weighted by atomic mass is 14.1. The molecule has 12 heavy (non-hydrogen) atoms. The highest BCUT2D eigenvalue weighted by molar-refractivity contribution is 5.11. The van der Waals surface area contributed by atoms with E-state index in [1.54, 1.807) is 11.1 Å². The van der Waals surface area contributed by atoms with Crippen LogP contribution in [-0.4, -0.2) is 0 Å². The molecule has 0 rings (SSSR count). The number of unbranched alkanes of at least 4 members (excludes halogenated alkanes) is 1. The van der Waals surface area contributed by atoms with E-state index in [2.05, 4.69) is 27.7 Å². The molecule has 0 aliphatic rings. The largest absolute Gasteiger partial charge is 0.0744 e. The monoisotopic (exact) mass is 168 g/mol.